The normalized spacial score (nSPS) is 11.0. The molecular weight excluding hydrogens is 319 g/mol. The van der Waals surface area contributed by atoms with Gasteiger partial charge >= 0.3 is 0 Å². The molecule has 3 aromatic rings. The molecule has 0 radical (unpaired) electrons. The van der Waals surface area contributed by atoms with E-state index < -0.39 is 17.2 Å². The van der Waals surface area contributed by atoms with Crippen LogP contribution in [0.1, 0.15) is 21.1 Å². The van der Waals surface area contributed by atoms with Gasteiger partial charge in [0.05, 0.1) is 16.6 Å². The number of aryl methyl sites for hydroxylation is 3. The van der Waals surface area contributed by atoms with Crippen LogP contribution in [0.4, 0.5) is 9.52 Å². The monoisotopic (exact) mass is 332 g/mol. The van der Waals surface area contributed by atoms with Crippen LogP contribution < -0.4 is 10.7 Å². The molecule has 0 spiro atoms. The second-order valence-electron chi connectivity index (χ2n) is 5.08. The summed E-state index contributed by atoms with van der Waals surface area (Å²) in [6.07, 6.45) is 0. The molecule has 0 bridgehead atoms. The van der Waals surface area contributed by atoms with Gasteiger partial charge in [-0.25, -0.2) is 9.37 Å². The van der Waals surface area contributed by atoms with Crippen molar-refractivity contribution in [2.75, 3.05) is 5.32 Å². The van der Waals surface area contributed by atoms with Gasteiger partial charge in [0, 0.05) is 11.9 Å². The van der Waals surface area contributed by atoms with Crippen LogP contribution in [0.5, 0.6) is 0 Å². The zero-order valence-corrected chi connectivity index (χ0v) is 13.5. The average molecular weight is 332 g/mol. The van der Waals surface area contributed by atoms with E-state index in [1.165, 1.54) is 28.2 Å². The van der Waals surface area contributed by atoms with Gasteiger partial charge in [0.15, 0.2) is 10.8 Å². The Kier molecular flexibility index (Phi) is 3.69. The van der Waals surface area contributed by atoms with Crippen molar-refractivity contribution in [3.05, 3.63) is 50.5 Å². The number of nitrogens with zero attached hydrogens (tertiary/aromatic N) is 3. The van der Waals surface area contributed by atoms with Gasteiger partial charge in [-0.05, 0) is 32.0 Å². The molecule has 6 nitrogen and oxygen atoms in total. The molecule has 0 saturated carbocycles. The van der Waals surface area contributed by atoms with E-state index in [-0.39, 0.29) is 11.1 Å². The van der Waals surface area contributed by atoms with Crippen LogP contribution in [0.15, 0.2) is 23.0 Å². The third kappa shape index (κ3) is 2.72. The number of thiazole rings is 1. The number of rotatable bonds is 2. The molecule has 0 aliphatic carbocycles. The number of fused-ring (bicyclic) bond motifs is 1. The third-order valence-electron chi connectivity index (χ3n) is 3.48. The minimum absolute atomic E-state index is 0.110. The molecule has 0 aliphatic heterocycles. The molecule has 118 valence electrons. The largest absolute Gasteiger partial charge is 0.296 e. The summed E-state index contributed by atoms with van der Waals surface area (Å²) < 4.78 is 14.8. The number of anilines is 1. The predicted molar refractivity (Wildman–Crippen MR) is 86.5 cm³/mol. The molecule has 8 heteroatoms. The van der Waals surface area contributed by atoms with Crippen molar-refractivity contribution in [1.82, 2.24) is 14.8 Å². The molecule has 0 unspecified atom stereocenters. The van der Waals surface area contributed by atoms with E-state index in [0.29, 0.717) is 10.6 Å². The van der Waals surface area contributed by atoms with Gasteiger partial charge in [-0.2, -0.15) is 5.10 Å². The summed E-state index contributed by atoms with van der Waals surface area (Å²) in [6, 6.07) is 3.80. The molecular formula is C15H13FN4O2S. The zero-order valence-electron chi connectivity index (χ0n) is 12.7. The minimum Gasteiger partial charge on any atom is -0.296 e. The standard InChI is InChI=1S/C15H13FN4O2S/c1-7-8(2)23-15(17-7)18-14(22)12-13(21)10-6-9(16)4-5-11(10)20(3)19-12/h4-6H,1-3H3,(H,17,18,22). The molecule has 0 saturated heterocycles. The van der Waals surface area contributed by atoms with E-state index in [2.05, 4.69) is 15.4 Å². The van der Waals surface area contributed by atoms with Crippen molar-refractivity contribution in [2.45, 2.75) is 13.8 Å². The quantitative estimate of drug-likeness (QED) is 0.782. The number of hydrogen-bond acceptors (Lipinski definition) is 5. The zero-order chi connectivity index (χ0) is 16.7. The van der Waals surface area contributed by atoms with Crippen molar-refractivity contribution < 1.29 is 9.18 Å². The Labute approximate surface area is 134 Å². The molecule has 0 fully saturated rings. The van der Waals surface area contributed by atoms with E-state index in [4.69, 9.17) is 0 Å². The van der Waals surface area contributed by atoms with Crippen molar-refractivity contribution in [3.63, 3.8) is 0 Å². The lowest BCUT2D eigenvalue weighted by Crippen LogP contribution is -2.26. The van der Waals surface area contributed by atoms with Crippen LogP contribution >= 0.6 is 11.3 Å². The first-order valence-corrected chi connectivity index (χ1v) is 7.60. The summed E-state index contributed by atoms with van der Waals surface area (Å²) in [5, 5.41) is 7.08. The molecule has 0 aliphatic rings. The topological polar surface area (TPSA) is 76.9 Å². The number of hydrogen-bond donors (Lipinski definition) is 1. The number of nitrogens with one attached hydrogen (secondary N) is 1. The highest BCUT2D eigenvalue weighted by Crippen LogP contribution is 2.21. The SMILES string of the molecule is Cc1nc(NC(=O)c2nn(C)c3ccc(F)cc3c2=O)sc1C. The predicted octanol–water partition coefficient (Wildman–Crippen LogP) is 2.40. The highest BCUT2D eigenvalue weighted by atomic mass is 32.1. The fourth-order valence-electron chi connectivity index (χ4n) is 2.18. The first-order valence-electron chi connectivity index (χ1n) is 6.79. The van der Waals surface area contributed by atoms with Crippen LogP contribution in [0.2, 0.25) is 0 Å². The van der Waals surface area contributed by atoms with Crippen molar-refractivity contribution in [2.24, 2.45) is 7.05 Å². The molecule has 2 aromatic heterocycles. The van der Waals surface area contributed by atoms with E-state index in [9.17, 15) is 14.0 Å². The lowest BCUT2D eigenvalue weighted by molar-refractivity contribution is 0.101. The van der Waals surface area contributed by atoms with E-state index >= 15 is 0 Å². The van der Waals surface area contributed by atoms with Gasteiger partial charge < -0.3 is 0 Å². The average Bonchev–Trinajstić information content (AvgIpc) is 2.80. The Morgan fingerprint density at radius 2 is 2.09 bits per heavy atom. The number of aromatic nitrogens is 3. The summed E-state index contributed by atoms with van der Waals surface area (Å²) in [6.45, 7) is 3.72. The first-order chi connectivity index (χ1) is 10.9. The summed E-state index contributed by atoms with van der Waals surface area (Å²) in [4.78, 5) is 29.9. The lowest BCUT2D eigenvalue weighted by atomic mass is 10.2. The van der Waals surface area contributed by atoms with Crippen molar-refractivity contribution in [3.8, 4) is 0 Å². The van der Waals surface area contributed by atoms with Crippen LogP contribution in [-0.4, -0.2) is 20.7 Å². The second-order valence-corrected chi connectivity index (χ2v) is 6.28. The maximum absolute atomic E-state index is 13.4. The fraction of sp³-hybridized carbons (Fsp3) is 0.200. The number of carbonyl (C=O) groups is 1. The van der Waals surface area contributed by atoms with Crippen LogP contribution in [0.3, 0.4) is 0 Å². The van der Waals surface area contributed by atoms with E-state index in [0.717, 1.165) is 16.6 Å². The van der Waals surface area contributed by atoms with Gasteiger partial charge in [-0.1, -0.05) is 0 Å². The Morgan fingerprint density at radius 1 is 1.35 bits per heavy atom. The van der Waals surface area contributed by atoms with Gasteiger partial charge in [0.25, 0.3) is 5.91 Å². The molecule has 1 aromatic carbocycles. The van der Waals surface area contributed by atoms with Crippen molar-refractivity contribution in [1.29, 1.82) is 0 Å². The van der Waals surface area contributed by atoms with Crippen molar-refractivity contribution >= 4 is 33.3 Å². The molecule has 1 N–H and O–H groups in total. The Hall–Kier alpha value is -2.61. The van der Waals surface area contributed by atoms with Crippen LogP contribution in [-0.2, 0) is 7.05 Å². The molecule has 1 amide bonds. The van der Waals surface area contributed by atoms with Gasteiger partial charge in [-0.3, -0.25) is 19.6 Å². The summed E-state index contributed by atoms with van der Waals surface area (Å²) in [5.74, 6) is -1.20. The van der Waals surface area contributed by atoms with E-state index in [1.54, 1.807) is 7.05 Å². The summed E-state index contributed by atoms with van der Waals surface area (Å²) in [5.41, 5.74) is 0.358. The molecule has 23 heavy (non-hydrogen) atoms. The van der Waals surface area contributed by atoms with Gasteiger partial charge in [0.1, 0.15) is 5.82 Å². The highest BCUT2D eigenvalue weighted by Gasteiger charge is 2.18. The Morgan fingerprint density at radius 3 is 2.74 bits per heavy atom. The van der Waals surface area contributed by atoms with Crippen LogP contribution in [0, 0.1) is 19.7 Å². The van der Waals surface area contributed by atoms with E-state index in [1.807, 2.05) is 13.8 Å². The van der Waals surface area contributed by atoms with Crippen LogP contribution in [0.25, 0.3) is 10.9 Å². The summed E-state index contributed by atoms with van der Waals surface area (Å²) in [7, 11) is 1.59. The third-order valence-corrected chi connectivity index (χ3v) is 4.47. The smallest absolute Gasteiger partial charge is 0.281 e. The Bertz CT molecular complexity index is 974. The Balaban J connectivity index is 2.07. The number of halogens is 1. The van der Waals surface area contributed by atoms with Gasteiger partial charge in [0.2, 0.25) is 5.43 Å². The number of amides is 1. The molecule has 2 heterocycles. The molecule has 3 rings (SSSR count). The fourth-order valence-corrected chi connectivity index (χ4v) is 2.99. The maximum Gasteiger partial charge on any atom is 0.281 e. The second kappa shape index (κ2) is 5.54. The first kappa shape index (κ1) is 15.3. The maximum atomic E-state index is 13.4. The lowest BCUT2D eigenvalue weighted by Gasteiger charge is -2.07. The molecule has 0 atom stereocenters. The summed E-state index contributed by atoms with van der Waals surface area (Å²) >= 11 is 1.31. The number of benzene rings is 1. The minimum atomic E-state index is -0.662. The van der Waals surface area contributed by atoms with Gasteiger partial charge in [-0.15, -0.1) is 11.3 Å². The highest BCUT2D eigenvalue weighted by molar-refractivity contribution is 7.15. The number of carbonyl (C=O) groups excluding carboxylic acids is 1.